The predicted molar refractivity (Wildman–Crippen MR) is 62.6 cm³/mol. The summed E-state index contributed by atoms with van der Waals surface area (Å²) in [5.74, 6) is 0.992. The van der Waals surface area contributed by atoms with E-state index in [1.165, 1.54) is 12.1 Å². The highest BCUT2D eigenvalue weighted by Gasteiger charge is 2.13. The Morgan fingerprint density at radius 2 is 2.06 bits per heavy atom. The lowest BCUT2D eigenvalue weighted by Crippen LogP contribution is -2.11. The summed E-state index contributed by atoms with van der Waals surface area (Å²) in [5, 5.41) is 0.772. The number of nitrogens with two attached hydrogens (primary N) is 1. The summed E-state index contributed by atoms with van der Waals surface area (Å²) in [5.41, 5.74) is 6.70. The van der Waals surface area contributed by atoms with Gasteiger partial charge in [-0.2, -0.15) is 0 Å². The molecule has 2 aromatic rings. The smallest absolute Gasteiger partial charge is 0.134 e. The Morgan fingerprint density at radius 1 is 1.31 bits per heavy atom. The number of rotatable bonds is 3. The van der Waals surface area contributed by atoms with E-state index in [0.29, 0.717) is 11.5 Å². The Morgan fingerprint density at radius 3 is 2.75 bits per heavy atom. The molecule has 2 N–H and O–H groups in total. The van der Waals surface area contributed by atoms with Crippen LogP contribution in [0.1, 0.15) is 32.1 Å². The minimum absolute atomic E-state index is 0.115. The Bertz CT molecular complexity index is 490. The summed E-state index contributed by atoms with van der Waals surface area (Å²) in [6.45, 7) is 4.23. The molecular formula is C13H16FNO. The molecule has 0 aliphatic carbocycles. The Kier molecular flexibility index (Phi) is 2.97. The third-order valence-corrected chi connectivity index (χ3v) is 2.59. The molecule has 16 heavy (non-hydrogen) atoms. The van der Waals surface area contributed by atoms with Crippen LogP contribution in [0.4, 0.5) is 4.39 Å². The third-order valence-electron chi connectivity index (χ3n) is 2.59. The van der Waals surface area contributed by atoms with E-state index in [1.807, 2.05) is 6.07 Å². The van der Waals surface area contributed by atoms with Crippen LogP contribution in [0.15, 0.2) is 28.7 Å². The van der Waals surface area contributed by atoms with Gasteiger partial charge in [0, 0.05) is 5.39 Å². The van der Waals surface area contributed by atoms with Crippen molar-refractivity contribution in [3.63, 3.8) is 0 Å². The van der Waals surface area contributed by atoms with Gasteiger partial charge in [-0.15, -0.1) is 0 Å². The van der Waals surface area contributed by atoms with Crippen molar-refractivity contribution < 1.29 is 8.81 Å². The fourth-order valence-electron chi connectivity index (χ4n) is 1.84. The molecule has 1 heterocycles. The average Bonchev–Trinajstić information content (AvgIpc) is 2.59. The molecule has 0 bridgehead atoms. The molecule has 1 aromatic carbocycles. The van der Waals surface area contributed by atoms with Crippen LogP contribution in [-0.4, -0.2) is 0 Å². The summed E-state index contributed by atoms with van der Waals surface area (Å²) in [7, 11) is 0. The van der Waals surface area contributed by atoms with Gasteiger partial charge in [-0.3, -0.25) is 0 Å². The molecule has 1 aromatic heterocycles. The maximum absolute atomic E-state index is 13.0. The Labute approximate surface area is 94.2 Å². The molecule has 0 fully saturated rings. The molecule has 1 atom stereocenters. The van der Waals surface area contributed by atoms with Crippen LogP contribution >= 0.6 is 0 Å². The van der Waals surface area contributed by atoms with E-state index < -0.39 is 0 Å². The molecule has 0 unspecified atom stereocenters. The van der Waals surface area contributed by atoms with E-state index in [-0.39, 0.29) is 11.9 Å². The van der Waals surface area contributed by atoms with Crippen molar-refractivity contribution in [2.75, 3.05) is 0 Å². The van der Waals surface area contributed by atoms with Gasteiger partial charge in [0.2, 0.25) is 0 Å². The highest BCUT2D eigenvalue weighted by Crippen LogP contribution is 2.26. The summed E-state index contributed by atoms with van der Waals surface area (Å²) in [4.78, 5) is 0. The van der Waals surface area contributed by atoms with E-state index in [1.54, 1.807) is 6.07 Å². The van der Waals surface area contributed by atoms with E-state index in [0.717, 1.165) is 17.6 Å². The van der Waals surface area contributed by atoms with Crippen molar-refractivity contribution in [2.24, 2.45) is 11.7 Å². The predicted octanol–water partition coefficient (Wildman–Crippen LogP) is 3.62. The first-order valence-corrected chi connectivity index (χ1v) is 5.51. The van der Waals surface area contributed by atoms with Crippen LogP contribution < -0.4 is 5.73 Å². The molecule has 2 rings (SSSR count). The summed E-state index contributed by atoms with van der Waals surface area (Å²) in [6, 6.07) is 6.20. The van der Waals surface area contributed by atoms with Crippen LogP contribution in [0.5, 0.6) is 0 Å². The molecule has 0 amide bonds. The van der Waals surface area contributed by atoms with Gasteiger partial charge < -0.3 is 10.2 Å². The highest BCUT2D eigenvalue weighted by atomic mass is 19.1. The lowest BCUT2D eigenvalue weighted by Gasteiger charge is -2.10. The summed E-state index contributed by atoms with van der Waals surface area (Å²) in [6.07, 6.45) is 0.863. The lowest BCUT2D eigenvalue weighted by molar-refractivity contribution is 0.431. The molecule has 3 heteroatoms. The average molecular weight is 221 g/mol. The van der Waals surface area contributed by atoms with Crippen LogP contribution in [0.3, 0.4) is 0 Å². The quantitative estimate of drug-likeness (QED) is 0.859. The molecule has 0 spiro atoms. The standard InChI is InChI=1S/C13H16FNO/c1-8(2)5-11(15)13-7-9-6-10(14)3-4-12(9)16-13/h3-4,6-8,11H,5,15H2,1-2H3/t11-/m0/s1. The van der Waals surface area contributed by atoms with Crippen LogP contribution in [-0.2, 0) is 0 Å². The minimum Gasteiger partial charge on any atom is -0.459 e. The van der Waals surface area contributed by atoms with E-state index >= 15 is 0 Å². The van der Waals surface area contributed by atoms with E-state index in [9.17, 15) is 4.39 Å². The summed E-state index contributed by atoms with van der Waals surface area (Å²) < 4.78 is 18.6. The van der Waals surface area contributed by atoms with Crippen molar-refractivity contribution in [1.82, 2.24) is 0 Å². The van der Waals surface area contributed by atoms with Crippen molar-refractivity contribution in [2.45, 2.75) is 26.3 Å². The molecule has 0 saturated carbocycles. The second kappa shape index (κ2) is 4.26. The minimum atomic E-state index is -0.253. The molecule has 0 aliphatic rings. The van der Waals surface area contributed by atoms with Gasteiger partial charge in [0.1, 0.15) is 17.2 Å². The van der Waals surface area contributed by atoms with Crippen LogP contribution in [0.2, 0.25) is 0 Å². The lowest BCUT2D eigenvalue weighted by atomic mass is 10.0. The first-order chi connectivity index (χ1) is 7.56. The second-order valence-electron chi connectivity index (χ2n) is 4.57. The van der Waals surface area contributed by atoms with Gasteiger partial charge in [0.15, 0.2) is 0 Å². The second-order valence-corrected chi connectivity index (χ2v) is 4.57. The fraction of sp³-hybridized carbons (Fsp3) is 0.385. The number of hydrogen-bond donors (Lipinski definition) is 1. The van der Waals surface area contributed by atoms with Gasteiger partial charge in [0.05, 0.1) is 6.04 Å². The van der Waals surface area contributed by atoms with Crippen LogP contribution in [0, 0.1) is 11.7 Å². The van der Waals surface area contributed by atoms with Gasteiger partial charge >= 0.3 is 0 Å². The highest BCUT2D eigenvalue weighted by molar-refractivity contribution is 5.77. The van der Waals surface area contributed by atoms with Crippen molar-refractivity contribution in [3.8, 4) is 0 Å². The zero-order chi connectivity index (χ0) is 11.7. The number of fused-ring (bicyclic) bond motifs is 1. The van der Waals surface area contributed by atoms with E-state index in [2.05, 4.69) is 13.8 Å². The number of furan rings is 1. The van der Waals surface area contributed by atoms with E-state index in [4.69, 9.17) is 10.2 Å². The Hall–Kier alpha value is -1.35. The zero-order valence-electron chi connectivity index (χ0n) is 9.53. The number of halogens is 1. The zero-order valence-corrected chi connectivity index (χ0v) is 9.53. The van der Waals surface area contributed by atoms with Gasteiger partial charge in [-0.05, 0) is 36.6 Å². The molecule has 86 valence electrons. The molecule has 0 aliphatic heterocycles. The van der Waals surface area contributed by atoms with Crippen molar-refractivity contribution >= 4 is 11.0 Å². The van der Waals surface area contributed by atoms with Crippen molar-refractivity contribution in [3.05, 3.63) is 35.8 Å². The van der Waals surface area contributed by atoms with Crippen molar-refractivity contribution in [1.29, 1.82) is 0 Å². The van der Waals surface area contributed by atoms with Gasteiger partial charge in [-0.25, -0.2) is 4.39 Å². The molecule has 0 radical (unpaired) electrons. The maximum atomic E-state index is 13.0. The maximum Gasteiger partial charge on any atom is 0.134 e. The topological polar surface area (TPSA) is 39.2 Å². The molecule has 0 saturated heterocycles. The SMILES string of the molecule is CC(C)C[C@H](N)c1cc2cc(F)ccc2o1. The van der Waals surface area contributed by atoms with Gasteiger partial charge in [-0.1, -0.05) is 13.8 Å². The summed E-state index contributed by atoms with van der Waals surface area (Å²) >= 11 is 0. The first-order valence-electron chi connectivity index (χ1n) is 5.51. The monoisotopic (exact) mass is 221 g/mol. The molecule has 2 nitrogen and oxygen atoms in total. The first kappa shape index (κ1) is 11.1. The van der Waals surface area contributed by atoms with Gasteiger partial charge in [0.25, 0.3) is 0 Å². The fourth-order valence-corrected chi connectivity index (χ4v) is 1.84. The number of hydrogen-bond acceptors (Lipinski definition) is 2. The third kappa shape index (κ3) is 2.25. The number of benzene rings is 1. The normalized spacial score (nSPS) is 13.6. The largest absolute Gasteiger partial charge is 0.459 e. The Balaban J connectivity index is 2.32. The molecular weight excluding hydrogens is 205 g/mol. The van der Waals surface area contributed by atoms with Crippen LogP contribution in [0.25, 0.3) is 11.0 Å².